The lowest BCUT2D eigenvalue weighted by atomic mass is 9.83. The van der Waals surface area contributed by atoms with E-state index in [0.717, 1.165) is 24.1 Å². The molecule has 1 N–H and O–H groups in total. The molecule has 2 heterocycles. The van der Waals surface area contributed by atoms with Gasteiger partial charge in [-0.25, -0.2) is 4.99 Å². The number of hydrogen-bond acceptors (Lipinski definition) is 6. The summed E-state index contributed by atoms with van der Waals surface area (Å²) in [5, 5.41) is 20.7. The summed E-state index contributed by atoms with van der Waals surface area (Å²) < 4.78 is 6.84. The van der Waals surface area contributed by atoms with Crippen LogP contribution in [0, 0.1) is 5.92 Å². The molecule has 1 aliphatic carbocycles. The van der Waals surface area contributed by atoms with Gasteiger partial charge in [0.15, 0.2) is 0 Å². The van der Waals surface area contributed by atoms with Crippen LogP contribution < -0.4 is 0 Å². The molecule has 1 aromatic carbocycles. The maximum atomic E-state index is 12.2. The van der Waals surface area contributed by atoms with Crippen LogP contribution in [-0.4, -0.2) is 36.9 Å². The van der Waals surface area contributed by atoms with E-state index >= 15 is 0 Å². The van der Waals surface area contributed by atoms with Crippen molar-refractivity contribution in [3.8, 4) is 11.3 Å². The highest BCUT2D eigenvalue weighted by Gasteiger charge is 2.27. The molecular formula is C18H17N5O3. The second kappa shape index (κ2) is 7.01. The summed E-state index contributed by atoms with van der Waals surface area (Å²) in [6.45, 7) is 0.578. The van der Waals surface area contributed by atoms with Crippen LogP contribution in [0.25, 0.3) is 11.3 Å². The predicted octanol–water partition coefficient (Wildman–Crippen LogP) is 2.12. The minimum atomic E-state index is -0.406. The van der Waals surface area contributed by atoms with Crippen LogP contribution in [0.5, 0.6) is 0 Å². The Kier molecular flexibility index (Phi) is 4.40. The van der Waals surface area contributed by atoms with E-state index in [9.17, 15) is 4.79 Å². The van der Waals surface area contributed by atoms with Gasteiger partial charge in [0.2, 0.25) is 5.76 Å². The van der Waals surface area contributed by atoms with Gasteiger partial charge in [0.1, 0.15) is 11.4 Å². The Morgan fingerprint density at radius 2 is 2.12 bits per heavy atom. The Bertz CT molecular complexity index is 937. The third-order valence-corrected chi connectivity index (χ3v) is 4.29. The molecule has 8 nitrogen and oxygen atoms in total. The van der Waals surface area contributed by atoms with Crippen molar-refractivity contribution in [1.82, 2.24) is 20.2 Å². The van der Waals surface area contributed by atoms with Crippen LogP contribution in [0.4, 0.5) is 0 Å². The number of rotatable bonds is 5. The number of aliphatic hydroxyl groups excluding tert-OH is 1. The molecule has 132 valence electrons. The molecule has 4 rings (SSSR count). The van der Waals surface area contributed by atoms with E-state index in [4.69, 9.17) is 9.63 Å². The second-order valence-electron chi connectivity index (χ2n) is 6.29. The number of carbonyl (C=O) groups is 1. The Balaban J connectivity index is 1.35. The van der Waals surface area contributed by atoms with Crippen molar-refractivity contribution in [2.75, 3.05) is 0 Å². The number of aliphatic hydroxyl groups is 1. The van der Waals surface area contributed by atoms with E-state index in [1.54, 1.807) is 16.9 Å². The summed E-state index contributed by atoms with van der Waals surface area (Å²) in [6, 6.07) is 11.1. The van der Waals surface area contributed by atoms with E-state index < -0.39 is 5.91 Å². The molecule has 26 heavy (non-hydrogen) atoms. The molecule has 0 radical (unpaired) electrons. The molecule has 0 bridgehead atoms. The standard InChI is InChI=1S/C18H17N5O3/c24-11-15-10-23(22-20-15)9-12-6-14(7-12)19-18(25)17-8-16(21-26-17)13-4-2-1-3-5-13/h1-5,8,10,12,24H,6-7,9,11H2. The molecule has 1 fully saturated rings. The zero-order valence-electron chi connectivity index (χ0n) is 13.9. The fourth-order valence-electron chi connectivity index (χ4n) is 2.91. The zero-order chi connectivity index (χ0) is 17.9. The van der Waals surface area contributed by atoms with Gasteiger partial charge in [-0.3, -0.25) is 9.48 Å². The monoisotopic (exact) mass is 351 g/mol. The van der Waals surface area contributed by atoms with Gasteiger partial charge < -0.3 is 9.63 Å². The smallest absolute Gasteiger partial charge is 0.315 e. The lowest BCUT2D eigenvalue weighted by Crippen LogP contribution is -2.28. The molecule has 0 aliphatic heterocycles. The van der Waals surface area contributed by atoms with Gasteiger partial charge in [-0.15, -0.1) is 5.10 Å². The number of carbonyl (C=O) groups excluding carboxylic acids is 1. The van der Waals surface area contributed by atoms with Crippen molar-refractivity contribution >= 4 is 11.6 Å². The molecule has 3 aromatic rings. The summed E-state index contributed by atoms with van der Waals surface area (Å²) >= 11 is 0. The van der Waals surface area contributed by atoms with Gasteiger partial charge in [0, 0.05) is 23.9 Å². The van der Waals surface area contributed by atoms with Gasteiger partial charge in [0.05, 0.1) is 12.8 Å². The lowest BCUT2D eigenvalue weighted by molar-refractivity contribution is 0.0966. The second-order valence-corrected chi connectivity index (χ2v) is 6.29. The quantitative estimate of drug-likeness (QED) is 0.754. The van der Waals surface area contributed by atoms with Gasteiger partial charge in [0.25, 0.3) is 0 Å². The SMILES string of the molecule is O=C(N=C1CC(Cn2cc(CO)nn2)C1)c1cc(-c2ccccc2)no1. The molecule has 1 saturated carbocycles. The summed E-state index contributed by atoms with van der Waals surface area (Å²) in [5.41, 5.74) is 2.90. The van der Waals surface area contributed by atoms with Gasteiger partial charge in [-0.2, -0.15) is 0 Å². The average molecular weight is 351 g/mol. The van der Waals surface area contributed by atoms with Crippen molar-refractivity contribution in [2.24, 2.45) is 10.9 Å². The number of benzene rings is 1. The van der Waals surface area contributed by atoms with Crippen molar-refractivity contribution in [3.05, 3.63) is 54.0 Å². The molecule has 0 spiro atoms. The van der Waals surface area contributed by atoms with Crippen LogP contribution in [0.3, 0.4) is 0 Å². The Morgan fingerprint density at radius 3 is 2.85 bits per heavy atom. The first-order valence-corrected chi connectivity index (χ1v) is 8.34. The summed E-state index contributed by atoms with van der Waals surface area (Å²) in [4.78, 5) is 16.4. The topological polar surface area (TPSA) is 106 Å². The lowest BCUT2D eigenvalue weighted by Gasteiger charge is -2.27. The zero-order valence-corrected chi connectivity index (χ0v) is 13.9. The molecule has 1 amide bonds. The van der Waals surface area contributed by atoms with E-state index in [0.29, 0.717) is 23.9 Å². The van der Waals surface area contributed by atoms with Crippen LogP contribution in [-0.2, 0) is 13.2 Å². The fourth-order valence-corrected chi connectivity index (χ4v) is 2.91. The van der Waals surface area contributed by atoms with Crippen molar-refractivity contribution in [3.63, 3.8) is 0 Å². The van der Waals surface area contributed by atoms with Crippen LogP contribution in [0.1, 0.15) is 29.1 Å². The maximum absolute atomic E-state index is 12.2. The number of aliphatic imine (C=N–C) groups is 1. The van der Waals surface area contributed by atoms with Crippen molar-refractivity contribution in [1.29, 1.82) is 0 Å². The Labute approximate surface area is 149 Å². The van der Waals surface area contributed by atoms with Crippen molar-refractivity contribution in [2.45, 2.75) is 26.0 Å². The van der Waals surface area contributed by atoms with Crippen LogP contribution in [0.15, 0.2) is 52.1 Å². The van der Waals surface area contributed by atoms with Gasteiger partial charge in [-0.1, -0.05) is 40.7 Å². The highest BCUT2D eigenvalue weighted by molar-refractivity contribution is 6.04. The number of hydrogen-bond donors (Lipinski definition) is 1. The minimum absolute atomic E-state index is 0.117. The van der Waals surface area contributed by atoms with Crippen LogP contribution >= 0.6 is 0 Å². The van der Waals surface area contributed by atoms with Crippen molar-refractivity contribution < 1.29 is 14.4 Å². The molecule has 8 heteroatoms. The average Bonchev–Trinajstić information content (AvgIpc) is 3.30. The van der Waals surface area contributed by atoms with E-state index in [1.165, 1.54) is 0 Å². The molecular weight excluding hydrogens is 334 g/mol. The first kappa shape index (κ1) is 16.3. The van der Waals surface area contributed by atoms with E-state index in [2.05, 4.69) is 20.5 Å². The summed E-state index contributed by atoms with van der Waals surface area (Å²) in [7, 11) is 0. The normalized spacial score (nSPS) is 16.3. The highest BCUT2D eigenvalue weighted by Crippen LogP contribution is 2.27. The Hall–Kier alpha value is -3.13. The van der Waals surface area contributed by atoms with Crippen LogP contribution in [0.2, 0.25) is 0 Å². The first-order chi connectivity index (χ1) is 12.7. The third kappa shape index (κ3) is 3.45. The number of amides is 1. The first-order valence-electron chi connectivity index (χ1n) is 8.34. The van der Waals surface area contributed by atoms with E-state index in [1.807, 2.05) is 30.3 Å². The fraction of sp³-hybridized carbons (Fsp3) is 0.278. The molecule has 0 saturated heterocycles. The molecule has 0 unspecified atom stereocenters. The minimum Gasteiger partial charge on any atom is -0.390 e. The molecule has 1 aliphatic rings. The summed E-state index contributed by atoms with van der Waals surface area (Å²) in [5.74, 6) is 0.101. The number of nitrogens with zero attached hydrogens (tertiary/aromatic N) is 5. The third-order valence-electron chi connectivity index (χ3n) is 4.29. The van der Waals surface area contributed by atoms with Gasteiger partial charge in [-0.05, 0) is 18.8 Å². The number of aromatic nitrogens is 4. The molecule has 0 atom stereocenters. The maximum Gasteiger partial charge on any atom is 0.315 e. The summed E-state index contributed by atoms with van der Waals surface area (Å²) in [6.07, 6.45) is 3.19. The molecule has 2 aromatic heterocycles. The highest BCUT2D eigenvalue weighted by atomic mass is 16.5. The Morgan fingerprint density at radius 1 is 1.31 bits per heavy atom. The predicted molar refractivity (Wildman–Crippen MR) is 92.4 cm³/mol. The van der Waals surface area contributed by atoms with E-state index in [-0.39, 0.29) is 12.4 Å². The van der Waals surface area contributed by atoms with Gasteiger partial charge >= 0.3 is 5.91 Å². The largest absolute Gasteiger partial charge is 0.390 e.